The van der Waals surface area contributed by atoms with Gasteiger partial charge in [-0.2, -0.15) is 23.9 Å². The van der Waals surface area contributed by atoms with E-state index in [2.05, 4.69) is 75.1 Å². The fourth-order valence-electron chi connectivity index (χ4n) is 9.19. The molecule has 3 aliphatic heterocycles. The average Bonchev–Trinajstić information content (AvgIpc) is 1.58. The van der Waals surface area contributed by atoms with E-state index in [0.29, 0.717) is 11.2 Å². The molecule has 9 nitrogen and oxygen atoms in total. The van der Waals surface area contributed by atoms with E-state index in [1.54, 1.807) is 36.4 Å². The fraction of sp³-hybridized carbons (Fsp3) is 0.0781. The van der Waals surface area contributed by atoms with Gasteiger partial charge in [-0.25, -0.2) is 4.98 Å². The average molecular weight is 1180 g/mol. The van der Waals surface area contributed by atoms with Gasteiger partial charge in [-0.05, 0) is 105 Å². The Morgan fingerprint density at radius 1 is 0.671 bits per heavy atom. The number of rotatable bonds is 8. The summed E-state index contributed by atoms with van der Waals surface area (Å²) in [4.78, 5) is 13.5. The molecule has 2 N–H and O–H groups in total. The largest absolute Gasteiger partial charge is 0.503 e. The SMILES string of the molecule is [2H]c1c([2H])c([2H])c(-c2cc(N3[CH-]N(c4c(/C5=C/C=C\N/C=C\C=C/[B]5)cc(C(C)(C)C)cc4/C4=C/C=C\N/C=C\C=C/[B]4)c4ccccc43)[c-]c(Oc3[c-]c4c(cc3)c3c([2H])c([2H])c([2H])c([2H])c3n4-c3nc4ccccc4n3C([2H])([2H])[2H])n2)c([2H])c1[2H].[Pt]. The maximum absolute atomic E-state index is 9.22. The van der Waals surface area contributed by atoms with E-state index in [4.69, 9.17) is 27.0 Å². The summed E-state index contributed by atoms with van der Waals surface area (Å²) in [6.07, 6.45) is 23.1. The van der Waals surface area contributed by atoms with Gasteiger partial charge in [0.05, 0.1) is 23.4 Å². The van der Waals surface area contributed by atoms with Crippen molar-refractivity contribution in [3.05, 3.63) is 254 Å². The van der Waals surface area contributed by atoms with Gasteiger partial charge in [-0.1, -0.05) is 134 Å². The number of nitrogens with zero attached hydrogens (tertiary/aromatic N) is 6. The van der Waals surface area contributed by atoms with Crippen LogP contribution in [0.15, 0.2) is 219 Å². The van der Waals surface area contributed by atoms with Gasteiger partial charge in [0.2, 0.25) is 5.95 Å². The van der Waals surface area contributed by atoms with E-state index >= 15 is 0 Å². The van der Waals surface area contributed by atoms with Gasteiger partial charge in [0, 0.05) is 85.3 Å². The molecule has 0 spiro atoms. The van der Waals surface area contributed by atoms with Crippen molar-refractivity contribution in [3.63, 3.8) is 0 Å². The molecule has 3 aliphatic rings. The molecule has 2 radical (unpaired) electrons. The van der Waals surface area contributed by atoms with Crippen LogP contribution in [0.1, 0.15) is 53.9 Å². The van der Waals surface area contributed by atoms with E-state index in [9.17, 15) is 4.11 Å². The summed E-state index contributed by atoms with van der Waals surface area (Å²) >= 11 is 0. The quantitative estimate of drug-likeness (QED) is 0.116. The number of aryl methyl sites for hydroxylation is 1. The molecule has 6 aromatic carbocycles. The number of imidazole rings is 1. The topological polar surface area (TPSA) is 75.4 Å². The molecule has 3 aromatic heterocycles. The molecule has 9 aromatic rings. The van der Waals surface area contributed by atoms with Crippen LogP contribution >= 0.6 is 0 Å². The Kier molecular flexibility index (Phi) is 10.5. The molecule has 0 saturated heterocycles. The van der Waals surface area contributed by atoms with Crippen molar-refractivity contribution in [1.29, 1.82) is 0 Å². The van der Waals surface area contributed by atoms with Crippen molar-refractivity contribution in [2.75, 3.05) is 9.80 Å². The maximum Gasteiger partial charge on any atom is 0.213 e. The molecule has 12 rings (SSSR count). The zero-order valence-corrected chi connectivity index (χ0v) is 43.5. The van der Waals surface area contributed by atoms with Gasteiger partial charge >= 0.3 is 0 Å². The predicted octanol–water partition coefficient (Wildman–Crippen LogP) is 14.2. The van der Waals surface area contributed by atoms with Gasteiger partial charge < -0.3 is 34.3 Å². The summed E-state index contributed by atoms with van der Waals surface area (Å²) in [6, 6.07) is 25.4. The number of allylic oxidation sites excluding steroid dienone is 8. The van der Waals surface area contributed by atoms with Gasteiger partial charge in [0.1, 0.15) is 5.88 Å². The first-order chi connectivity index (χ1) is 41.7. The van der Waals surface area contributed by atoms with Crippen LogP contribution in [0, 0.1) is 18.8 Å². The van der Waals surface area contributed by atoms with E-state index in [1.165, 1.54) is 10.6 Å². The van der Waals surface area contributed by atoms with Crippen molar-refractivity contribution < 1.29 is 42.3 Å². The van der Waals surface area contributed by atoms with E-state index in [0.717, 1.165) is 43.6 Å². The van der Waals surface area contributed by atoms with E-state index in [-0.39, 0.29) is 94.4 Å². The van der Waals surface area contributed by atoms with Gasteiger partial charge in [-0.3, -0.25) is 4.98 Å². The van der Waals surface area contributed by atoms with Crippen molar-refractivity contribution in [1.82, 2.24) is 29.7 Å². The Bertz CT molecular complexity index is 4490. The zero-order chi connectivity index (χ0) is 61.2. The number of pyridine rings is 1. The number of fused-ring (bicyclic) bond motifs is 5. The van der Waals surface area contributed by atoms with Crippen LogP contribution in [-0.2, 0) is 33.5 Å². The second-order valence-corrected chi connectivity index (χ2v) is 18.6. The third-order valence-corrected chi connectivity index (χ3v) is 12.8. The molecular weight excluding hydrogens is 1110 g/mol. The van der Waals surface area contributed by atoms with Gasteiger partial charge in [0.15, 0.2) is 14.6 Å². The summed E-state index contributed by atoms with van der Waals surface area (Å²) in [7, 11) is 4.13. The number of hydrogen-bond donors (Lipinski definition) is 2. The van der Waals surface area contributed by atoms with Crippen molar-refractivity contribution in [2.24, 2.45) is 6.98 Å². The molecule has 0 amide bonds. The van der Waals surface area contributed by atoms with Crippen LogP contribution in [0.5, 0.6) is 11.6 Å². The standard InChI is InChI=1S/C64H51B2N8O.Pt/c1-64(2,3)45-38-50(52-23-18-36-67-34-16-14-32-65-52)62(51(39-45)53-24-19-37-68-35-17-15-33-66-53)73-43-72(58-28-12-13-29-59(58)73)46-40-55(44-20-6-5-7-21-44)69-61(41-46)75-47-30-31-49-48-22-8-10-26-56(48)74(60(49)42-47)63-70-54-25-9-11-27-57(54)71(63)4;/h5-40,43,67-68H,1-4H3;/q-3;/b32-14-,33-15-,34-16-,35-17-,36-18-,37-19-,52-23-,53-24-;/i4D3,5D,6D,7D,8D,10D,20D,21D,22D,26D;. The molecule has 0 atom stereocenters. The van der Waals surface area contributed by atoms with Crippen LogP contribution in [0.2, 0.25) is 0 Å². The Hall–Kier alpha value is -8.52. The number of hydrogen-bond acceptors (Lipinski definition) is 7. The Labute approximate surface area is 476 Å². The Morgan fingerprint density at radius 3 is 2.04 bits per heavy atom. The molecule has 0 aliphatic carbocycles. The molecule has 0 fully saturated rings. The Balaban J connectivity index is 0.00000800. The van der Waals surface area contributed by atoms with Crippen molar-refractivity contribution in [3.8, 4) is 28.8 Å². The summed E-state index contributed by atoms with van der Waals surface area (Å²) < 4.78 is 115. The number of benzene rings is 6. The summed E-state index contributed by atoms with van der Waals surface area (Å²) in [6.45, 7) is 5.61. The first-order valence-electron chi connectivity index (χ1n) is 30.2. The first kappa shape index (κ1) is 37.2. The van der Waals surface area contributed by atoms with Gasteiger partial charge in [-0.15, -0.1) is 36.1 Å². The third kappa shape index (κ3) is 9.71. The number of para-hydroxylation sites is 5. The van der Waals surface area contributed by atoms with E-state index < -0.39 is 55.3 Å². The molecule has 12 heteroatoms. The molecule has 0 unspecified atom stereocenters. The molecule has 0 saturated carbocycles. The number of ether oxygens (including phenoxy) is 1. The second-order valence-electron chi connectivity index (χ2n) is 18.6. The number of aromatic nitrogens is 4. The number of nitrogens with one attached hydrogen (secondary N) is 2. The molecule has 0 bridgehead atoms. The second kappa shape index (κ2) is 21.4. The minimum Gasteiger partial charge on any atom is -0.503 e. The van der Waals surface area contributed by atoms with Crippen LogP contribution in [0.3, 0.4) is 0 Å². The minimum absolute atomic E-state index is 0. The van der Waals surface area contributed by atoms with Crippen LogP contribution in [0.25, 0.3) is 61.0 Å². The Morgan fingerprint density at radius 2 is 1.33 bits per heavy atom. The molecule has 6 heterocycles. The van der Waals surface area contributed by atoms with Crippen molar-refractivity contribution in [2.45, 2.75) is 26.2 Å². The normalized spacial score (nSPS) is 20.7. The van der Waals surface area contributed by atoms with Crippen LogP contribution in [-0.4, -0.2) is 33.7 Å². The number of anilines is 4. The smallest absolute Gasteiger partial charge is 0.213 e. The molecule has 372 valence electrons. The zero-order valence-electron chi connectivity index (χ0n) is 53.2. The maximum atomic E-state index is 9.22. The third-order valence-electron chi connectivity index (χ3n) is 12.8. The fourth-order valence-corrected chi connectivity index (χ4v) is 9.19. The minimum atomic E-state index is -2.83. The van der Waals surface area contributed by atoms with Gasteiger partial charge in [0.25, 0.3) is 0 Å². The monoisotopic (exact) mass is 1180 g/mol. The van der Waals surface area contributed by atoms with Crippen LogP contribution < -0.4 is 25.2 Å². The molecular formula is C64H51B2N8OPt-3. The molecule has 76 heavy (non-hydrogen) atoms. The van der Waals surface area contributed by atoms with Crippen molar-refractivity contribution >= 4 is 81.1 Å². The predicted molar refractivity (Wildman–Crippen MR) is 311 cm³/mol. The summed E-state index contributed by atoms with van der Waals surface area (Å²) in [5.74, 6) is 3.51. The summed E-state index contributed by atoms with van der Waals surface area (Å²) in [5, 5.41) is 6.74. The summed E-state index contributed by atoms with van der Waals surface area (Å²) in [5.41, 5.74) is 7.09. The van der Waals surface area contributed by atoms with Crippen LogP contribution in [0.4, 0.5) is 22.7 Å². The van der Waals surface area contributed by atoms with E-state index in [1.807, 2.05) is 121 Å². The first-order valence-corrected chi connectivity index (χ1v) is 24.2.